The van der Waals surface area contributed by atoms with E-state index in [-0.39, 0.29) is 5.03 Å². The molecule has 0 aliphatic heterocycles. The summed E-state index contributed by atoms with van der Waals surface area (Å²) >= 11 is 0. The van der Waals surface area contributed by atoms with Gasteiger partial charge in [-0.05, 0) is 24.6 Å². The number of methoxy groups -OCH3 is 1. The van der Waals surface area contributed by atoms with Crippen molar-refractivity contribution in [3.8, 4) is 5.75 Å². The van der Waals surface area contributed by atoms with Crippen LogP contribution in [-0.2, 0) is 23.1 Å². The third kappa shape index (κ3) is 3.34. The summed E-state index contributed by atoms with van der Waals surface area (Å²) in [5, 5.41) is -0.0331. The van der Waals surface area contributed by atoms with E-state index in [1.807, 2.05) is 6.92 Å². The van der Waals surface area contributed by atoms with Crippen LogP contribution >= 0.6 is 0 Å². The van der Waals surface area contributed by atoms with Gasteiger partial charge in [0.2, 0.25) is 0 Å². The lowest BCUT2D eigenvalue weighted by molar-refractivity contribution is 0.416. The van der Waals surface area contributed by atoms with Gasteiger partial charge < -0.3 is 15.0 Å². The zero-order valence-electron chi connectivity index (χ0n) is 11.9. The molecule has 0 saturated heterocycles. The van der Waals surface area contributed by atoms with Crippen molar-refractivity contribution < 1.29 is 13.2 Å². The number of aryl methyl sites for hydroxylation is 1. The topological polar surface area (TPSA) is 99.2 Å². The maximum atomic E-state index is 12.3. The fourth-order valence-corrected chi connectivity index (χ4v) is 2.82. The fourth-order valence-electron chi connectivity index (χ4n) is 1.80. The van der Waals surface area contributed by atoms with Gasteiger partial charge in [0.25, 0.3) is 10.0 Å². The van der Waals surface area contributed by atoms with Crippen LogP contribution in [0.15, 0.2) is 35.7 Å². The second-order valence-corrected chi connectivity index (χ2v) is 6.02. The van der Waals surface area contributed by atoms with E-state index in [9.17, 15) is 8.42 Å². The number of hydrogen-bond acceptors (Lipinski definition) is 5. The molecule has 7 nitrogen and oxygen atoms in total. The maximum absolute atomic E-state index is 12.3. The molecule has 0 unspecified atom stereocenters. The molecular weight excluding hydrogens is 292 g/mol. The summed E-state index contributed by atoms with van der Waals surface area (Å²) in [6, 6.07) is 5.06. The van der Waals surface area contributed by atoms with Crippen LogP contribution in [0.25, 0.3) is 0 Å². The third-order valence-electron chi connectivity index (χ3n) is 3.00. The van der Waals surface area contributed by atoms with Gasteiger partial charge in [0.05, 0.1) is 19.1 Å². The molecule has 0 aliphatic rings. The highest BCUT2D eigenvalue weighted by atomic mass is 32.2. The van der Waals surface area contributed by atoms with Crippen LogP contribution in [0, 0.1) is 0 Å². The highest BCUT2D eigenvalue weighted by Gasteiger charge is 2.19. The molecule has 2 rings (SSSR count). The Labute approximate surface area is 123 Å². The normalized spacial score (nSPS) is 11.4. The van der Waals surface area contributed by atoms with Crippen molar-refractivity contribution in [1.29, 1.82) is 0 Å². The summed E-state index contributed by atoms with van der Waals surface area (Å²) in [6.45, 7) is 2.90. The molecule has 0 saturated carbocycles. The lowest BCUT2D eigenvalue weighted by Gasteiger charge is -2.11. The Morgan fingerprint density at radius 2 is 2.19 bits per heavy atom. The molecule has 1 aromatic carbocycles. The van der Waals surface area contributed by atoms with Crippen LogP contribution in [0.4, 0.5) is 5.69 Å². The second-order valence-electron chi connectivity index (χ2n) is 4.39. The SMILES string of the molecule is CCn1cnc(S(=O)(=O)Nc2ccc(CN)cc2OC)c1. The van der Waals surface area contributed by atoms with E-state index in [0.717, 1.165) is 5.56 Å². The molecule has 21 heavy (non-hydrogen) atoms. The Kier molecular flexibility index (Phi) is 4.49. The smallest absolute Gasteiger partial charge is 0.281 e. The van der Waals surface area contributed by atoms with E-state index in [2.05, 4.69) is 9.71 Å². The number of nitrogens with one attached hydrogen (secondary N) is 1. The van der Waals surface area contributed by atoms with E-state index in [1.165, 1.54) is 19.6 Å². The predicted octanol–water partition coefficient (Wildman–Crippen LogP) is 1.17. The Hall–Kier alpha value is -2.06. The van der Waals surface area contributed by atoms with Crippen molar-refractivity contribution in [3.63, 3.8) is 0 Å². The Bertz CT molecular complexity index is 725. The van der Waals surface area contributed by atoms with Gasteiger partial charge in [-0.3, -0.25) is 4.72 Å². The standard InChI is InChI=1S/C13H18N4O3S/c1-3-17-8-13(15-9-17)21(18,19)16-11-5-4-10(7-14)6-12(11)20-2/h4-6,8-9,16H,3,7,14H2,1-2H3. The van der Waals surface area contributed by atoms with Crippen molar-refractivity contribution in [1.82, 2.24) is 9.55 Å². The molecule has 0 aliphatic carbocycles. The van der Waals surface area contributed by atoms with Crippen molar-refractivity contribution in [2.45, 2.75) is 25.0 Å². The molecule has 114 valence electrons. The molecule has 1 heterocycles. The van der Waals surface area contributed by atoms with Gasteiger partial charge >= 0.3 is 0 Å². The first-order valence-corrected chi connectivity index (χ1v) is 7.90. The second kappa shape index (κ2) is 6.15. The molecule has 0 atom stereocenters. The van der Waals surface area contributed by atoms with E-state index < -0.39 is 10.0 Å². The largest absolute Gasteiger partial charge is 0.495 e. The summed E-state index contributed by atoms with van der Waals surface area (Å²) in [5.41, 5.74) is 6.75. The summed E-state index contributed by atoms with van der Waals surface area (Å²) < 4.78 is 33.9. The summed E-state index contributed by atoms with van der Waals surface area (Å²) in [5.74, 6) is 0.413. The average molecular weight is 310 g/mol. The zero-order chi connectivity index (χ0) is 15.5. The van der Waals surface area contributed by atoms with Gasteiger partial charge in [-0.25, -0.2) is 4.98 Å². The fraction of sp³-hybridized carbons (Fsp3) is 0.308. The number of rotatable bonds is 6. The number of nitrogens with zero attached hydrogens (tertiary/aromatic N) is 2. The van der Waals surface area contributed by atoms with Crippen molar-refractivity contribution >= 4 is 15.7 Å². The van der Waals surface area contributed by atoms with Gasteiger partial charge in [-0.15, -0.1) is 0 Å². The Morgan fingerprint density at radius 1 is 1.43 bits per heavy atom. The van der Waals surface area contributed by atoms with Gasteiger partial charge in [-0.2, -0.15) is 8.42 Å². The summed E-state index contributed by atoms with van der Waals surface area (Å²) in [6.07, 6.45) is 2.95. The van der Waals surface area contributed by atoms with E-state index in [1.54, 1.807) is 22.8 Å². The summed E-state index contributed by atoms with van der Waals surface area (Å²) in [4.78, 5) is 3.90. The number of ether oxygens (including phenoxy) is 1. The van der Waals surface area contributed by atoms with Crippen molar-refractivity contribution in [2.24, 2.45) is 5.73 Å². The van der Waals surface area contributed by atoms with Crippen LogP contribution in [0.2, 0.25) is 0 Å². The molecule has 1 aromatic heterocycles. The van der Waals surface area contributed by atoms with Gasteiger partial charge in [0.1, 0.15) is 5.75 Å². The molecule has 0 amide bonds. The highest BCUT2D eigenvalue weighted by molar-refractivity contribution is 7.92. The zero-order valence-corrected chi connectivity index (χ0v) is 12.7. The quantitative estimate of drug-likeness (QED) is 0.834. The molecule has 0 fully saturated rings. The predicted molar refractivity (Wildman–Crippen MR) is 79.6 cm³/mol. The molecule has 0 radical (unpaired) electrons. The number of benzene rings is 1. The number of anilines is 1. The first kappa shape index (κ1) is 15.3. The number of aromatic nitrogens is 2. The molecule has 0 bridgehead atoms. The molecule has 8 heteroatoms. The van der Waals surface area contributed by atoms with Crippen LogP contribution < -0.4 is 15.2 Å². The molecular formula is C13H18N4O3S. The highest BCUT2D eigenvalue weighted by Crippen LogP contribution is 2.27. The van der Waals surface area contributed by atoms with Crippen LogP contribution in [-0.4, -0.2) is 25.1 Å². The molecule has 3 N–H and O–H groups in total. The maximum Gasteiger partial charge on any atom is 0.281 e. The number of hydrogen-bond donors (Lipinski definition) is 2. The Morgan fingerprint density at radius 3 is 2.76 bits per heavy atom. The lowest BCUT2D eigenvalue weighted by Crippen LogP contribution is -2.14. The van der Waals surface area contributed by atoms with Gasteiger partial charge in [0.15, 0.2) is 5.03 Å². The van der Waals surface area contributed by atoms with Gasteiger partial charge in [0, 0.05) is 19.3 Å². The van der Waals surface area contributed by atoms with Crippen molar-refractivity contribution in [2.75, 3.05) is 11.8 Å². The number of imidazole rings is 1. The van der Waals surface area contributed by atoms with E-state index in [4.69, 9.17) is 10.5 Å². The lowest BCUT2D eigenvalue weighted by atomic mass is 10.2. The third-order valence-corrected chi connectivity index (χ3v) is 4.25. The average Bonchev–Trinajstić information content (AvgIpc) is 2.97. The van der Waals surface area contributed by atoms with E-state index in [0.29, 0.717) is 24.5 Å². The van der Waals surface area contributed by atoms with Crippen LogP contribution in [0.5, 0.6) is 5.75 Å². The van der Waals surface area contributed by atoms with Gasteiger partial charge in [-0.1, -0.05) is 6.07 Å². The van der Waals surface area contributed by atoms with Crippen molar-refractivity contribution in [3.05, 3.63) is 36.3 Å². The first-order valence-electron chi connectivity index (χ1n) is 6.41. The minimum atomic E-state index is -3.75. The number of nitrogens with two attached hydrogens (primary N) is 1. The number of sulfonamides is 1. The molecule has 0 spiro atoms. The first-order chi connectivity index (χ1) is 10.00. The van der Waals surface area contributed by atoms with Crippen LogP contribution in [0.1, 0.15) is 12.5 Å². The minimum absolute atomic E-state index is 0.0331. The summed E-state index contributed by atoms with van der Waals surface area (Å²) in [7, 11) is -2.28. The van der Waals surface area contributed by atoms with Crippen LogP contribution in [0.3, 0.4) is 0 Å². The molecule has 2 aromatic rings. The minimum Gasteiger partial charge on any atom is -0.495 e. The van der Waals surface area contributed by atoms with E-state index >= 15 is 0 Å². The monoisotopic (exact) mass is 310 g/mol. The Balaban J connectivity index is 2.32.